The van der Waals surface area contributed by atoms with Crippen molar-refractivity contribution in [2.75, 3.05) is 26.7 Å². The van der Waals surface area contributed by atoms with Gasteiger partial charge in [0.2, 0.25) is 0 Å². The molecule has 1 aromatic carbocycles. The number of likely N-dealkylation sites (tertiary alicyclic amines) is 1. The molecule has 0 radical (unpaired) electrons. The predicted molar refractivity (Wildman–Crippen MR) is 87.1 cm³/mol. The molecule has 1 fully saturated rings. The second-order valence-corrected chi connectivity index (χ2v) is 6.18. The topological polar surface area (TPSA) is 55.6 Å². The van der Waals surface area contributed by atoms with E-state index in [2.05, 4.69) is 11.8 Å². The number of nitrogens with zero attached hydrogens (tertiary/aromatic N) is 1. The normalized spacial score (nSPS) is 21.9. The van der Waals surface area contributed by atoms with Crippen LogP contribution in [0.25, 0.3) is 0 Å². The van der Waals surface area contributed by atoms with Crippen LogP contribution in [0, 0.1) is 5.41 Å². The molecule has 1 aromatic rings. The van der Waals surface area contributed by atoms with E-state index in [0.29, 0.717) is 17.1 Å². The van der Waals surface area contributed by atoms with E-state index in [4.69, 9.17) is 22.1 Å². The highest BCUT2D eigenvalue weighted by atomic mass is 35.5. The summed E-state index contributed by atoms with van der Waals surface area (Å²) in [5.74, 6) is -0.337. The Labute approximate surface area is 137 Å². The Kier molecular flexibility index (Phi) is 6.47. The van der Waals surface area contributed by atoms with Gasteiger partial charge in [0.15, 0.2) is 0 Å². The van der Waals surface area contributed by atoms with Crippen LogP contribution >= 0.6 is 24.0 Å². The molecule has 0 bridgehead atoms. The quantitative estimate of drug-likeness (QED) is 0.861. The van der Waals surface area contributed by atoms with Gasteiger partial charge in [-0.1, -0.05) is 18.5 Å². The Bertz CT molecular complexity index is 510. The van der Waals surface area contributed by atoms with Crippen LogP contribution in [0.4, 0.5) is 0 Å². The number of esters is 1. The van der Waals surface area contributed by atoms with Crippen molar-refractivity contribution in [1.29, 1.82) is 0 Å². The number of hydrogen-bond donors (Lipinski definition) is 1. The van der Waals surface area contributed by atoms with Gasteiger partial charge in [-0.3, -0.25) is 4.90 Å². The van der Waals surface area contributed by atoms with Gasteiger partial charge in [0, 0.05) is 18.1 Å². The minimum absolute atomic E-state index is 0. The molecule has 1 aliphatic rings. The molecule has 2 N–H and O–H groups in total. The average molecular weight is 333 g/mol. The Balaban J connectivity index is 0.00000220. The molecule has 1 unspecified atom stereocenters. The highest BCUT2D eigenvalue weighted by molar-refractivity contribution is 6.31. The van der Waals surface area contributed by atoms with E-state index in [9.17, 15) is 4.79 Å². The molecule has 21 heavy (non-hydrogen) atoms. The van der Waals surface area contributed by atoms with Crippen molar-refractivity contribution in [3.8, 4) is 0 Å². The molecule has 1 atom stereocenters. The third kappa shape index (κ3) is 4.33. The van der Waals surface area contributed by atoms with Crippen molar-refractivity contribution in [2.45, 2.75) is 19.9 Å². The number of hydrogen-bond acceptors (Lipinski definition) is 4. The van der Waals surface area contributed by atoms with Gasteiger partial charge in [0.05, 0.1) is 12.7 Å². The second-order valence-electron chi connectivity index (χ2n) is 5.77. The van der Waals surface area contributed by atoms with Gasteiger partial charge in [0.25, 0.3) is 0 Å². The van der Waals surface area contributed by atoms with Gasteiger partial charge < -0.3 is 10.5 Å². The Morgan fingerprint density at radius 3 is 2.81 bits per heavy atom. The summed E-state index contributed by atoms with van der Waals surface area (Å²) in [7, 11) is 1.38. The molecule has 0 aromatic heterocycles. The van der Waals surface area contributed by atoms with Gasteiger partial charge in [-0.2, -0.15) is 0 Å². The molecule has 118 valence electrons. The fraction of sp³-hybridized carbons (Fsp3) is 0.533. The molecule has 0 amide bonds. The van der Waals surface area contributed by atoms with Crippen molar-refractivity contribution in [3.05, 3.63) is 34.3 Å². The zero-order valence-electron chi connectivity index (χ0n) is 12.4. The summed E-state index contributed by atoms with van der Waals surface area (Å²) in [5, 5.41) is 0.680. The largest absolute Gasteiger partial charge is 0.465 e. The summed E-state index contributed by atoms with van der Waals surface area (Å²) in [6, 6.07) is 5.25. The molecule has 0 saturated carbocycles. The van der Waals surface area contributed by atoms with Crippen LogP contribution in [0.1, 0.15) is 29.3 Å². The van der Waals surface area contributed by atoms with Gasteiger partial charge in [-0.05, 0) is 48.7 Å². The molecule has 1 aliphatic heterocycles. The number of nitrogens with two attached hydrogens (primary N) is 1. The van der Waals surface area contributed by atoms with Crippen molar-refractivity contribution >= 4 is 30.0 Å². The predicted octanol–water partition coefficient (Wildman–Crippen LogP) is 2.72. The first-order valence-electron chi connectivity index (χ1n) is 6.76. The van der Waals surface area contributed by atoms with E-state index in [1.807, 2.05) is 6.07 Å². The first-order valence-corrected chi connectivity index (χ1v) is 7.14. The monoisotopic (exact) mass is 332 g/mol. The molecule has 0 aliphatic carbocycles. The van der Waals surface area contributed by atoms with E-state index in [1.54, 1.807) is 12.1 Å². The van der Waals surface area contributed by atoms with Gasteiger partial charge >= 0.3 is 5.97 Å². The number of ether oxygens (including phenoxy) is 1. The van der Waals surface area contributed by atoms with Crippen LogP contribution in [-0.2, 0) is 11.3 Å². The fourth-order valence-corrected chi connectivity index (χ4v) is 2.79. The van der Waals surface area contributed by atoms with Crippen molar-refractivity contribution < 1.29 is 9.53 Å². The summed E-state index contributed by atoms with van der Waals surface area (Å²) < 4.78 is 4.74. The van der Waals surface area contributed by atoms with Gasteiger partial charge in [0.1, 0.15) is 0 Å². The lowest BCUT2D eigenvalue weighted by Gasteiger charge is -2.23. The lowest BCUT2D eigenvalue weighted by Crippen LogP contribution is -2.31. The van der Waals surface area contributed by atoms with Crippen molar-refractivity contribution in [3.63, 3.8) is 0 Å². The Morgan fingerprint density at radius 2 is 2.24 bits per heavy atom. The molecule has 0 spiro atoms. The van der Waals surface area contributed by atoms with E-state index < -0.39 is 0 Å². The highest BCUT2D eigenvalue weighted by Gasteiger charge is 2.32. The SMILES string of the molecule is COC(=O)c1ccc(Cl)c(CN2CCC(C)(CN)C2)c1.Cl. The van der Waals surface area contributed by atoms with E-state index in [1.165, 1.54) is 7.11 Å². The number of benzene rings is 1. The van der Waals surface area contributed by atoms with Crippen LogP contribution < -0.4 is 5.73 Å². The summed E-state index contributed by atoms with van der Waals surface area (Å²) in [6.07, 6.45) is 1.10. The molecule has 4 nitrogen and oxygen atoms in total. The van der Waals surface area contributed by atoms with E-state index in [0.717, 1.165) is 31.6 Å². The second kappa shape index (κ2) is 7.45. The van der Waals surface area contributed by atoms with E-state index in [-0.39, 0.29) is 23.8 Å². The Morgan fingerprint density at radius 1 is 1.52 bits per heavy atom. The zero-order valence-corrected chi connectivity index (χ0v) is 14.0. The number of halogens is 2. The van der Waals surface area contributed by atoms with Crippen LogP contribution in [0.3, 0.4) is 0 Å². The standard InChI is InChI=1S/C15H21ClN2O2.ClH/c1-15(9-17)5-6-18(10-15)8-12-7-11(14(19)20-2)3-4-13(12)16;/h3-4,7H,5-6,8-10,17H2,1-2H3;1H. The summed E-state index contributed by atoms with van der Waals surface area (Å²) in [4.78, 5) is 13.9. The smallest absolute Gasteiger partial charge is 0.337 e. The molecular formula is C15H22Cl2N2O2. The lowest BCUT2D eigenvalue weighted by atomic mass is 9.90. The molecule has 6 heteroatoms. The van der Waals surface area contributed by atoms with E-state index >= 15 is 0 Å². The van der Waals surface area contributed by atoms with Gasteiger partial charge in [-0.15, -0.1) is 12.4 Å². The summed E-state index contributed by atoms with van der Waals surface area (Å²) >= 11 is 6.22. The molecule has 1 heterocycles. The van der Waals surface area contributed by atoms with Gasteiger partial charge in [-0.25, -0.2) is 4.79 Å². The molecular weight excluding hydrogens is 311 g/mol. The zero-order chi connectivity index (χ0) is 14.8. The van der Waals surface area contributed by atoms with Crippen LogP contribution in [0.2, 0.25) is 5.02 Å². The number of rotatable bonds is 4. The Hall–Kier alpha value is -0.810. The average Bonchev–Trinajstić information content (AvgIpc) is 2.82. The van der Waals surface area contributed by atoms with Crippen LogP contribution in [0.5, 0.6) is 0 Å². The van der Waals surface area contributed by atoms with Crippen LogP contribution in [0.15, 0.2) is 18.2 Å². The maximum Gasteiger partial charge on any atom is 0.337 e. The number of carbonyl (C=O) groups excluding carboxylic acids is 1. The van der Waals surface area contributed by atoms with Crippen molar-refractivity contribution in [1.82, 2.24) is 4.90 Å². The lowest BCUT2D eigenvalue weighted by molar-refractivity contribution is 0.0600. The summed E-state index contributed by atoms with van der Waals surface area (Å²) in [5.41, 5.74) is 7.50. The fourth-order valence-electron chi connectivity index (χ4n) is 2.61. The summed E-state index contributed by atoms with van der Waals surface area (Å²) in [6.45, 7) is 5.60. The first-order chi connectivity index (χ1) is 9.47. The highest BCUT2D eigenvalue weighted by Crippen LogP contribution is 2.30. The molecule has 2 rings (SSSR count). The first kappa shape index (κ1) is 18.2. The maximum absolute atomic E-state index is 11.6. The number of carbonyl (C=O) groups is 1. The number of methoxy groups -OCH3 is 1. The minimum Gasteiger partial charge on any atom is -0.465 e. The minimum atomic E-state index is -0.337. The van der Waals surface area contributed by atoms with Crippen molar-refractivity contribution in [2.24, 2.45) is 11.1 Å². The third-order valence-corrected chi connectivity index (χ3v) is 4.36. The molecule has 1 saturated heterocycles. The van der Waals surface area contributed by atoms with Crippen LogP contribution in [-0.4, -0.2) is 37.6 Å². The third-order valence-electron chi connectivity index (χ3n) is 3.99. The maximum atomic E-state index is 11.6.